The summed E-state index contributed by atoms with van der Waals surface area (Å²) in [7, 11) is 0. The Morgan fingerprint density at radius 3 is 2.27 bits per heavy atom. The minimum atomic E-state index is -0.375. The molecule has 0 aliphatic carbocycles. The molecule has 0 amide bonds. The topological polar surface area (TPSA) is 64.3 Å². The average Bonchev–Trinajstić information content (AvgIpc) is 2.29. The average molecular weight is 214 g/mol. The van der Waals surface area contributed by atoms with E-state index in [0.717, 1.165) is 0 Å². The third kappa shape index (κ3) is 9.43. The summed E-state index contributed by atoms with van der Waals surface area (Å²) in [4.78, 5) is 10.5. The van der Waals surface area contributed by atoms with Crippen molar-refractivity contribution in [3.63, 3.8) is 0 Å². The Kier molecular flexibility index (Phi) is 9.11. The highest BCUT2D eigenvalue weighted by molar-refractivity contribution is 5.86. The zero-order valence-electron chi connectivity index (χ0n) is 9.55. The standard InChI is InChI=1S/C6H11NO2.C5H11N/c1-5(2)6(8)9-4-3-7;1-2-4-6-5-3-1/h1,3-4,7H2,2H3;6H,1-5H2. The van der Waals surface area contributed by atoms with Crippen LogP contribution in [0.15, 0.2) is 12.2 Å². The van der Waals surface area contributed by atoms with E-state index in [1.165, 1.54) is 32.4 Å². The van der Waals surface area contributed by atoms with Crippen LogP contribution in [0.2, 0.25) is 0 Å². The van der Waals surface area contributed by atoms with Crippen LogP contribution in [0.25, 0.3) is 0 Å². The van der Waals surface area contributed by atoms with Crippen molar-refractivity contribution >= 4 is 5.97 Å². The van der Waals surface area contributed by atoms with E-state index in [4.69, 9.17) is 5.73 Å². The predicted molar refractivity (Wildman–Crippen MR) is 61.5 cm³/mol. The molecule has 15 heavy (non-hydrogen) atoms. The Balaban J connectivity index is 0.000000280. The van der Waals surface area contributed by atoms with Gasteiger partial charge in [-0.05, 0) is 32.9 Å². The second-order valence-corrected chi connectivity index (χ2v) is 3.52. The molecular formula is C11H22N2O2. The summed E-state index contributed by atoms with van der Waals surface area (Å²) in [5.74, 6) is -0.375. The Morgan fingerprint density at radius 2 is 2.00 bits per heavy atom. The van der Waals surface area contributed by atoms with E-state index in [9.17, 15) is 4.79 Å². The number of rotatable bonds is 3. The first-order valence-electron chi connectivity index (χ1n) is 5.42. The molecule has 0 spiro atoms. The van der Waals surface area contributed by atoms with Gasteiger partial charge in [0, 0.05) is 12.1 Å². The fourth-order valence-electron chi connectivity index (χ4n) is 1.08. The molecule has 0 aromatic rings. The van der Waals surface area contributed by atoms with Crippen molar-refractivity contribution in [2.75, 3.05) is 26.2 Å². The number of hydrogen-bond donors (Lipinski definition) is 2. The van der Waals surface area contributed by atoms with Crippen molar-refractivity contribution in [2.45, 2.75) is 26.2 Å². The summed E-state index contributed by atoms with van der Waals surface area (Å²) in [6.07, 6.45) is 4.22. The summed E-state index contributed by atoms with van der Waals surface area (Å²) in [5, 5.41) is 3.28. The van der Waals surface area contributed by atoms with E-state index >= 15 is 0 Å². The first-order chi connectivity index (χ1) is 7.18. The molecule has 88 valence electrons. The van der Waals surface area contributed by atoms with Crippen LogP contribution in [0.3, 0.4) is 0 Å². The molecule has 0 aromatic carbocycles. The zero-order chi connectivity index (χ0) is 11.5. The van der Waals surface area contributed by atoms with Gasteiger partial charge in [-0.3, -0.25) is 0 Å². The van der Waals surface area contributed by atoms with Gasteiger partial charge in [0.15, 0.2) is 0 Å². The van der Waals surface area contributed by atoms with Crippen LogP contribution in [-0.4, -0.2) is 32.2 Å². The van der Waals surface area contributed by atoms with Gasteiger partial charge in [-0.2, -0.15) is 0 Å². The molecule has 0 unspecified atom stereocenters. The van der Waals surface area contributed by atoms with Crippen LogP contribution in [-0.2, 0) is 9.53 Å². The monoisotopic (exact) mass is 214 g/mol. The summed E-state index contributed by atoms with van der Waals surface area (Å²) < 4.78 is 4.59. The molecule has 3 N–H and O–H groups in total. The SMILES string of the molecule is C1CCNCC1.C=C(C)C(=O)OCCN. The number of hydrogen-bond acceptors (Lipinski definition) is 4. The first-order valence-corrected chi connectivity index (χ1v) is 5.42. The molecule has 1 saturated heterocycles. The van der Waals surface area contributed by atoms with Crippen molar-refractivity contribution in [1.29, 1.82) is 0 Å². The maximum absolute atomic E-state index is 10.5. The van der Waals surface area contributed by atoms with Crippen LogP contribution in [0.5, 0.6) is 0 Å². The van der Waals surface area contributed by atoms with Gasteiger partial charge in [0.05, 0.1) is 0 Å². The van der Waals surface area contributed by atoms with E-state index in [2.05, 4.69) is 16.6 Å². The van der Waals surface area contributed by atoms with Crippen molar-refractivity contribution in [3.8, 4) is 0 Å². The normalized spacial score (nSPS) is 14.8. The molecule has 1 heterocycles. The number of carbonyl (C=O) groups is 1. The van der Waals surface area contributed by atoms with Crippen LogP contribution in [0.1, 0.15) is 26.2 Å². The van der Waals surface area contributed by atoms with Crippen molar-refractivity contribution < 1.29 is 9.53 Å². The molecule has 0 bridgehead atoms. The highest BCUT2D eigenvalue weighted by atomic mass is 16.5. The molecule has 0 atom stereocenters. The van der Waals surface area contributed by atoms with E-state index in [0.29, 0.717) is 12.1 Å². The molecule has 1 aliphatic heterocycles. The fraction of sp³-hybridized carbons (Fsp3) is 0.727. The Morgan fingerprint density at radius 1 is 1.40 bits per heavy atom. The van der Waals surface area contributed by atoms with Gasteiger partial charge < -0.3 is 15.8 Å². The lowest BCUT2D eigenvalue weighted by Gasteiger charge is -2.08. The molecule has 4 nitrogen and oxygen atoms in total. The third-order valence-electron chi connectivity index (χ3n) is 1.91. The van der Waals surface area contributed by atoms with E-state index in [-0.39, 0.29) is 12.6 Å². The number of piperidine rings is 1. The summed E-state index contributed by atoms with van der Waals surface area (Å²) in [5.41, 5.74) is 5.48. The summed E-state index contributed by atoms with van der Waals surface area (Å²) in [6, 6.07) is 0. The minimum Gasteiger partial charge on any atom is -0.461 e. The van der Waals surface area contributed by atoms with Gasteiger partial charge in [0.1, 0.15) is 6.61 Å². The largest absolute Gasteiger partial charge is 0.461 e. The quantitative estimate of drug-likeness (QED) is 0.539. The van der Waals surface area contributed by atoms with Gasteiger partial charge in [0.25, 0.3) is 0 Å². The van der Waals surface area contributed by atoms with Crippen molar-refractivity contribution in [1.82, 2.24) is 5.32 Å². The summed E-state index contributed by atoms with van der Waals surface area (Å²) >= 11 is 0. The smallest absolute Gasteiger partial charge is 0.333 e. The molecule has 1 rings (SSSR count). The van der Waals surface area contributed by atoms with E-state index in [1.807, 2.05) is 0 Å². The molecule has 0 radical (unpaired) electrons. The van der Waals surface area contributed by atoms with Crippen LogP contribution < -0.4 is 11.1 Å². The minimum absolute atomic E-state index is 0.270. The summed E-state index contributed by atoms with van der Waals surface area (Å²) in [6.45, 7) is 8.12. The van der Waals surface area contributed by atoms with Crippen LogP contribution in [0.4, 0.5) is 0 Å². The van der Waals surface area contributed by atoms with E-state index < -0.39 is 0 Å². The molecule has 0 saturated carbocycles. The molecule has 4 heteroatoms. The highest BCUT2D eigenvalue weighted by Crippen LogP contribution is 1.96. The molecule has 0 aromatic heterocycles. The van der Waals surface area contributed by atoms with Crippen LogP contribution in [0, 0.1) is 0 Å². The Bertz CT molecular complexity index is 178. The first kappa shape index (κ1) is 14.1. The Labute approximate surface area is 91.9 Å². The van der Waals surface area contributed by atoms with Crippen molar-refractivity contribution in [2.24, 2.45) is 5.73 Å². The number of carbonyl (C=O) groups excluding carboxylic acids is 1. The lowest BCUT2D eigenvalue weighted by Crippen LogP contribution is -2.21. The number of ether oxygens (including phenoxy) is 1. The number of nitrogens with two attached hydrogens (primary N) is 1. The molecule has 1 aliphatic rings. The number of esters is 1. The molecular weight excluding hydrogens is 192 g/mol. The maximum Gasteiger partial charge on any atom is 0.333 e. The van der Waals surface area contributed by atoms with Crippen LogP contribution >= 0.6 is 0 Å². The van der Waals surface area contributed by atoms with Gasteiger partial charge >= 0.3 is 5.97 Å². The third-order valence-corrected chi connectivity index (χ3v) is 1.91. The zero-order valence-corrected chi connectivity index (χ0v) is 9.55. The predicted octanol–water partition coefficient (Wildman–Crippen LogP) is 0.824. The second-order valence-electron chi connectivity index (χ2n) is 3.52. The maximum atomic E-state index is 10.5. The lowest BCUT2D eigenvalue weighted by molar-refractivity contribution is -0.138. The van der Waals surface area contributed by atoms with Gasteiger partial charge in [-0.25, -0.2) is 4.79 Å². The molecule has 1 fully saturated rings. The van der Waals surface area contributed by atoms with Gasteiger partial charge in [-0.1, -0.05) is 13.0 Å². The van der Waals surface area contributed by atoms with E-state index in [1.54, 1.807) is 6.92 Å². The second kappa shape index (κ2) is 9.68. The van der Waals surface area contributed by atoms with Gasteiger partial charge in [-0.15, -0.1) is 0 Å². The lowest BCUT2D eigenvalue weighted by atomic mass is 10.2. The fourth-order valence-corrected chi connectivity index (χ4v) is 1.08. The Hall–Kier alpha value is -0.870. The number of nitrogens with one attached hydrogen (secondary N) is 1. The van der Waals surface area contributed by atoms with Gasteiger partial charge in [0.2, 0.25) is 0 Å². The highest BCUT2D eigenvalue weighted by Gasteiger charge is 1.99. The van der Waals surface area contributed by atoms with Crippen molar-refractivity contribution in [3.05, 3.63) is 12.2 Å².